The summed E-state index contributed by atoms with van der Waals surface area (Å²) in [5.74, 6) is 0. The second-order valence-corrected chi connectivity index (χ2v) is 5.60. The van der Waals surface area contributed by atoms with E-state index in [1.807, 2.05) is 19.1 Å². The lowest BCUT2D eigenvalue weighted by Crippen LogP contribution is -2.30. The van der Waals surface area contributed by atoms with Crippen molar-refractivity contribution in [1.82, 2.24) is 5.32 Å². The molecule has 2 unspecified atom stereocenters. The molecule has 5 heteroatoms. The van der Waals surface area contributed by atoms with Crippen LogP contribution in [0.2, 0.25) is 0 Å². The van der Waals surface area contributed by atoms with E-state index in [-0.39, 0.29) is 12.6 Å². The zero-order valence-electron chi connectivity index (χ0n) is 7.90. The average molecular weight is 280 g/mol. The molecule has 0 aromatic carbocycles. The van der Waals surface area contributed by atoms with Crippen molar-refractivity contribution in [1.29, 1.82) is 0 Å². The molecule has 14 heavy (non-hydrogen) atoms. The van der Waals surface area contributed by atoms with E-state index in [2.05, 4.69) is 21.2 Å². The summed E-state index contributed by atoms with van der Waals surface area (Å²) in [5.41, 5.74) is 0. The lowest BCUT2D eigenvalue weighted by molar-refractivity contribution is 0.0925. The lowest BCUT2D eigenvalue weighted by atomic mass is 10.2. The highest BCUT2D eigenvalue weighted by molar-refractivity contribution is 9.11. The van der Waals surface area contributed by atoms with Gasteiger partial charge in [-0.1, -0.05) is 0 Å². The van der Waals surface area contributed by atoms with E-state index in [0.717, 1.165) is 3.79 Å². The largest absolute Gasteiger partial charge is 0.394 e. The first-order valence-electron chi connectivity index (χ1n) is 4.41. The van der Waals surface area contributed by atoms with Crippen molar-refractivity contribution < 1.29 is 10.2 Å². The highest BCUT2D eigenvalue weighted by Crippen LogP contribution is 2.26. The second-order valence-electron chi connectivity index (χ2n) is 3.11. The fourth-order valence-corrected chi connectivity index (χ4v) is 2.49. The first-order chi connectivity index (χ1) is 6.63. The molecule has 2 atom stereocenters. The van der Waals surface area contributed by atoms with E-state index in [0.29, 0.717) is 6.54 Å². The van der Waals surface area contributed by atoms with Crippen LogP contribution in [-0.2, 0) is 0 Å². The summed E-state index contributed by atoms with van der Waals surface area (Å²) in [4.78, 5) is 1.21. The van der Waals surface area contributed by atoms with Crippen LogP contribution in [0.4, 0.5) is 0 Å². The smallest absolute Gasteiger partial charge is 0.0895 e. The van der Waals surface area contributed by atoms with E-state index >= 15 is 0 Å². The van der Waals surface area contributed by atoms with Gasteiger partial charge in [0.15, 0.2) is 0 Å². The van der Waals surface area contributed by atoms with Gasteiger partial charge in [-0.3, -0.25) is 0 Å². The van der Waals surface area contributed by atoms with E-state index in [1.165, 1.54) is 4.88 Å². The summed E-state index contributed by atoms with van der Waals surface area (Å²) in [7, 11) is 0. The van der Waals surface area contributed by atoms with Gasteiger partial charge in [0.25, 0.3) is 0 Å². The number of rotatable bonds is 5. The molecule has 0 bridgehead atoms. The Balaban J connectivity index is 2.39. The summed E-state index contributed by atoms with van der Waals surface area (Å²) in [6, 6.07) is 4.24. The Bertz CT molecular complexity index is 280. The van der Waals surface area contributed by atoms with Gasteiger partial charge < -0.3 is 15.5 Å². The van der Waals surface area contributed by atoms with E-state index in [1.54, 1.807) is 11.3 Å². The van der Waals surface area contributed by atoms with Gasteiger partial charge in [0.2, 0.25) is 0 Å². The van der Waals surface area contributed by atoms with Crippen LogP contribution in [-0.4, -0.2) is 29.5 Å². The first-order valence-corrected chi connectivity index (χ1v) is 6.02. The summed E-state index contributed by atoms with van der Waals surface area (Å²) in [5, 5.41) is 20.9. The number of aliphatic hydroxyl groups is 2. The molecule has 0 aliphatic carbocycles. The SMILES string of the molecule is CC(NCC(O)CO)c1ccc(Br)s1. The maximum Gasteiger partial charge on any atom is 0.0895 e. The van der Waals surface area contributed by atoms with Gasteiger partial charge in [-0.15, -0.1) is 11.3 Å². The van der Waals surface area contributed by atoms with E-state index in [9.17, 15) is 0 Å². The van der Waals surface area contributed by atoms with Crippen LogP contribution in [0.5, 0.6) is 0 Å². The fourth-order valence-electron chi connectivity index (χ4n) is 1.04. The van der Waals surface area contributed by atoms with Gasteiger partial charge in [-0.25, -0.2) is 0 Å². The number of nitrogens with one attached hydrogen (secondary N) is 1. The molecule has 0 fully saturated rings. The van der Waals surface area contributed by atoms with Crippen LogP contribution in [0.25, 0.3) is 0 Å². The van der Waals surface area contributed by atoms with Gasteiger partial charge in [0, 0.05) is 17.5 Å². The number of hydrogen-bond donors (Lipinski definition) is 3. The van der Waals surface area contributed by atoms with Gasteiger partial charge in [-0.05, 0) is 35.0 Å². The zero-order chi connectivity index (χ0) is 10.6. The number of aliphatic hydroxyl groups excluding tert-OH is 2. The summed E-state index contributed by atoms with van der Waals surface area (Å²) >= 11 is 5.06. The molecule has 0 aliphatic heterocycles. The summed E-state index contributed by atoms with van der Waals surface area (Å²) < 4.78 is 1.10. The van der Waals surface area contributed by atoms with Crippen LogP contribution < -0.4 is 5.32 Å². The van der Waals surface area contributed by atoms with Crippen LogP contribution in [0.1, 0.15) is 17.8 Å². The number of halogens is 1. The van der Waals surface area contributed by atoms with Crippen molar-refractivity contribution >= 4 is 27.3 Å². The van der Waals surface area contributed by atoms with Gasteiger partial charge >= 0.3 is 0 Å². The highest BCUT2D eigenvalue weighted by Gasteiger charge is 2.09. The Kier molecular flexibility index (Phi) is 5.05. The minimum Gasteiger partial charge on any atom is -0.394 e. The molecule has 1 rings (SSSR count). The molecule has 1 aromatic rings. The molecule has 0 spiro atoms. The molecule has 1 heterocycles. The van der Waals surface area contributed by atoms with Crippen molar-refractivity contribution in [2.24, 2.45) is 0 Å². The molecule has 3 nitrogen and oxygen atoms in total. The minimum atomic E-state index is -0.680. The van der Waals surface area contributed by atoms with Gasteiger partial charge in [0.1, 0.15) is 0 Å². The number of hydrogen-bond acceptors (Lipinski definition) is 4. The van der Waals surface area contributed by atoms with Gasteiger partial charge in [0.05, 0.1) is 16.5 Å². The lowest BCUT2D eigenvalue weighted by Gasteiger charge is -2.14. The van der Waals surface area contributed by atoms with Crippen molar-refractivity contribution in [3.8, 4) is 0 Å². The highest BCUT2D eigenvalue weighted by atomic mass is 79.9. The molecule has 3 N–H and O–H groups in total. The van der Waals surface area contributed by atoms with Crippen molar-refractivity contribution in [2.75, 3.05) is 13.2 Å². The van der Waals surface area contributed by atoms with Gasteiger partial charge in [-0.2, -0.15) is 0 Å². The quantitative estimate of drug-likeness (QED) is 0.766. The standard InChI is InChI=1S/C9H14BrNO2S/c1-6(11-4-7(13)5-12)8-2-3-9(10)14-8/h2-3,6-7,11-13H,4-5H2,1H3. The van der Waals surface area contributed by atoms with Crippen molar-refractivity contribution in [3.05, 3.63) is 20.8 Å². The fraction of sp³-hybridized carbons (Fsp3) is 0.556. The molecule has 0 amide bonds. The van der Waals surface area contributed by atoms with Crippen LogP contribution >= 0.6 is 27.3 Å². The Morgan fingerprint density at radius 1 is 1.57 bits per heavy atom. The van der Waals surface area contributed by atoms with Crippen LogP contribution in [0.3, 0.4) is 0 Å². The molecular weight excluding hydrogens is 266 g/mol. The molecule has 0 saturated heterocycles. The minimum absolute atomic E-state index is 0.201. The first kappa shape index (κ1) is 12.1. The van der Waals surface area contributed by atoms with E-state index in [4.69, 9.17) is 10.2 Å². The Morgan fingerprint density at radius 2 is 2.29 bits per heavy atom. The third-order valence-electron chi connectivity index (χ3n) is 1.89. The topological polar surface area (TPSA) is 52.5 Å². The van der Waals surface area contributed by atoms with Crippen molar-refractivity contribution in [2.45, 2.75) is 19.1 Å². The number of thiophene rings is 1. The monoisotopic (exact) mass is 279 g/mol. The normalized spacial score (nSPS) is 15.4. The third kappa shape index (κ3) is 3.67. The molecule has 0 saturated carbocycles. The van der Waals surface area contributed by atoms with Crippen LogP contribution in [0.15, 0.2) is 15.9 Å². The second kappa shape index (κ2) is 5.82. The summed E-state index contributed by atoms with van der Waals surface area (Å²) in [6.45, 7) is 2.24. The Morgan fingerprint density at radius 3 is 2.79 bits per heavy atom. The summed E-state index contributed by atoms with van der Waals surface area (Å²) in [6.07, 6.45) is -0.680. The molecular formula is C9H14BrNO2S. The van der Waals surface area contributed by atoms with Crippen LogP contribution in [0, 0.1) is 0 Å². The maximum atomic E-state index is 9.14. The molecule has 0 radical (unpaired) electrons. The Labute approximate surface area is 95.9 Å². The molecule has 80 valence electrons. The molecule has 1 aromatic heterocycles. The van der Waals surface area contributed by atoms with E-state index < -0.39 is 6.10 Å². The zero-order valence-corrected chi connectivity index (χ0v) is 10.3. The predicted molar refractivity (Wildman–Crippen MR) is 61.5 cm³/mol. The van der Waals surface area contributed by atoms with Crippen molar-refractivity contribution in [3.63, 3.8) is 0 Å². The molecule has 0 aliphatic rings. The third-order valence-corrected chi connectivity index (χ3v) is 3.70. The predicted octanol–water partition coefficient (Wildman–Crippen LogP) is 1.51. The maximum absolute atomic E-state index is 9.14. The Hall–Kier alpha value is 0.0600. The average Bonchev–Trinajstić information content (AvgIpc) is 2.60.